The van der Waals surface area contributed by atoms with Gasteiger partial charge in [0.25, 0.3) is 0 Å². The van der Waals surface area contributed by atoms with Crippen molar-refractivity contribution in [3.05, 3.63) is 24.4 Å². The lowest BCUT2D eigenvalue weighted by Gasteiger charge is -2.32. The van der Waals surface area contributed by atoms with E-state index in [9.17, 15) is 4.79 Å². The highest BCUT2D eigenvalue weighted by molar-refractivity contribution is 8.76. The zero-order valence-corrected chi connectivity index (χ0v) is 11.8. The molecular weight excluding hydrogens is 266 g/mol. The van der Waals surface area contributed by atoms with Gasteiger partial charge in [0, 0.05) is 17.9 Å². The Labute approximate surface area is 115 Å². The van der Waals surface area contributed by atoms with Crippen LogP contribution in [0.3, 0.4) is 0 Å². The molecule has 1 aliphatic carbocycles. The number of carboxylic acid groups (broad SMARTS) is 1. The summed E-state index contributed by atoms with van der Waals surface area (Å²) >= 11 is 0. The lowest BCUT2D eigenvalue weighted by molar-refractivity contribution is -0.137. The molecule has 0 radical (unpaired) electrons. The maximum Gasteiger partial charge on any atom is 0.303 e. The summed E-state index contributed by atoms with van der Waals surface area (Å²) in [7, 11) is 3.46. The van der Waals surface area contributed by atoms with Crippen LogP contribution in [0, 0.1) is 5.92 Å². The molecule has 1 heterocycles. The van der Waals surface area contributed by atoms with E-state index in [1.165, 1.54) is 19.3 Å². The van der Waals surface area contributed by atoms with Crippen molar-refractivity contribution < 1.29 is 9.90 Å². The van der Waals surface area contributed by atoms with E-state index in [-0.39, 0.29) is 6.42 Å². The minimum Gasteiger partial charge on any atom is -0.481 e. The van der Waals surface area contributed by atoms with Crippen LogP contribution in [-0.2, 0) is 4.79 Å². The Morgan fingerprint density at radius 2 is 2.33 bits per heavy atom. The highest BCUT2D eigenvalue weighted by atomic mass is 33.1. The fourth-order valence-corrected chi connectivity index (χ4v) is 4.77. The van der Waals surface area contributed by atoms with Crippen LogP contribution in [0.15, 0.2) is 29.4 Å². The monoisotopic (exact) mass is 283 g/mol. The zero-order valence-electron chi connectivity index (χ0n) is 10.1. The molecule has 1 aliphatic rings. The van der Waals surface area contributed by atoms with Crippen LogP contribution in [0.25, 0.3) is 0 Å². The summed E-state index contributed by atoms with van der Waals surface area (Å²) in [6, 6.07) is 5.88. The van der Waals surface area contributed by atoms with Crippen molar-refractivity contribution in [3.63, 3.8) is 0 Å². The molecule has 1 unspecified atom stereocenters. The van der Waals surface area contributed by atoms with Crippen molar-refractivity contribution in [1.29, 1.82) is 0 Å². The summed E-state index contributed by atoms with van der Waals surface area (Å²) in [6.45, 7) is 0. The molecule has 0 amide bonds. The number of aromatic nitrogens is 1. The maximum absolute atomic E-state index is 10.7. The van der Waals surface area contributed by atoms with Gasteiger partial charge in [0.15, 0.2) is 0 Å². The molecule has 1 aromatic rings. The first-order chi connectivity index (χ1) is 8.75. The molecule has 18 heavy (non-hydrogen) atoms. The first kappa shape index (κ1) is 13.7. The van der Waals surface area contributed by atoms with Gasteiger partial charge in [0.1, 0.15) is 5.03 Å². The van der Waals surface area contributed by atoms with Gasteiger partial charge < -0.3 is 5.11 Å². The van der Waals surface area contributed by atoms with Gasteiger partial charge in [-0.1, -0.05) is 23.3 Å². The first-order valence-electron chi connectivity index (χ1n) is 6.22. The highest BCUT2D eigenvalue weighted by Gasteiger charge is 2.28. The van der Waals surface area contributed by atoms with E-state index in [2.05, 4.69) is 4.98 Å². The minimum absolute atomic E-state index is 0.275. The quantitative estimate of drug-likeness (QED) is 0.770. The minimum atomic E-state index is -0.692. The number of pyridine rings is 1. The highest BCUT2D eigenvalue weighted by Crippen LogP contribution is 2.44. The Kier molecular flexibility index (Phi) is 5.38. The Balaban J connectivity index is 1.82. The summed E-state index contributed by atoms with van der Waals surface area (Å²) in [5, 5.41) is 10.2. The molecule has 1 aromatic heterocycles. The number of aliphatic carboxylic acids is 1. The molecule has 1 atom stereocenters. The molecule has 1 saturated carbocycles. The van der Waals surface area contributed by atoms with E-state index >= 15 is 0 Å². The van der Waals surface area contributed by atoms with E-state index in [1.54, 1.807) is 27.8 Å². The molecule has 0 saturated heterocycles. The van der Waals surface area contributed by atoms with Crippen LogP contribution in [0.4, 0.5) is 0 Å². The van der Waals surface area contributed by atoms with E-state index in [1.807, 2.05) is 18.2 Å². The second-order valence-corrected chi connectivity index (χ2v) is 6.97. The molecule has 98 valence electrons. The van der Waals surface area contributed by atoms with Gasteiger partial charge in [-0.25, -0.2) is 4.98 Å². The Morgan fingerprint density at radius 3 is 2.89 bits per heavy atom. The van der Waals surface area contributed by atoms with Crippen LogP contribution in [0.5, 0.6) is 0 Å². The van der Waals surface area contributed by atoms with Gasteiger partial charge in [0.2, 0.25) is 0 Å². The van der Waals surface area contributed by atoms with Crippen molar-refractivity contribution in [1.82, 2.24) is 4.98 Å². The molecule has 0 aromatic carbocycles. The average Bonchev–Trinajstić information content (AvgIpc) is 2.31. The summed E-state index contributed by atoms with van der Waals surface area (Å²) in [5.74, 6) is 0.00771. The first-order valence-corrected chi connectivity index (χ1v) is 8.43. The topological polar surface area (TPSA) is 50.2 Å². The van der Waals surface area contributed by atoms with Crippen molar-refractivity contribution in [2.24, 2.45) is 5.92 Å². The van der Waals surface area contributed by atoms with Gasteiger partial charge in [-0.15, -0.1) is 0 Å². The second kappa shape index (κ2) is 7.04. The van der Waals surface area contributed by atoms with Crippen LogP contribution in [0.1, 0.15) is 32.1 Å². The summed E-state index contributed by atoms with van der Waals surface area (Å²) in [5.41, 5.74) is 0. The van der Waals surface area contributed by atoms with Crippen LogP contribution >= 0.6 is 21.6 Å². The fourth-order valence-electron chi connectivity index (χ4n) is 1.95. The molecule has 3 nitrogen and oxygen atoms in total. The van der Waals surface area contributed by atoms with Crippen molar-refractivity contribution in [3.8, 4) is 0 Å². The Bertz CT molecular complexity index is 382. The number of hydrogen-bond acceptors (Lipinski definition) is 4. The third kappa shape index (κ3) is 4.21. The predicted molar refractivity (Wildman–Crippen MR) is 75.7 cm³/mol. The number of hydrogen-bond donors (Lipinski definition) is 1. The molecule has 2 rings (SSSR count). The maximum atomic E-state index is 10.7. The molecule has 5 heteroatoms. The van der Waals surface area contributed by atoms with Crippen LogP contribution < -0.4 is 0 Å². The van der Waals surface area contributed by atoms with Gasteiger partial charge in [-0.3, -0.25) is 4.79 Å². The Morgan fingerprint density at radius 1 is 1.50 bits per heavy atom. The fraction of sp³-hybridized carbons (Fsp3) is 0.538. The third-order valence-electron chi connectivity index (χ3n) is 3.21. The van der Waals surface area contributed by atoms with E-state index in [4.69, 9.17) is 5.11 Å². The van der Waals surface area contributed by atoms with Crippen LogP contribution in [-0.4, -0.2) is 21.3 Å². The summed E-state index contributed by atoms with van der Waals surface area (Å²) in [4.78, 5) is 15.0. The molecule has 1 fully saturated rings. The molecule has 0 aliphatic heterocycles. The van der Waals surface area contributed by atoms with Gasteiger partial charge in [-0.05, 0) is 48.1 Å². The van der Waals surface area contributed by atoms with Gasteiger partial charge in [-0.2, -0.15) is 0 Å². The standard InChI is InChI=1S/C13H17NO2S2/c15-13(16)8-7-11(10-4-3-5-10)17-18-12-6-1-2-9-14-12/h1-2,6,9-11H,3-5,7-8H2,(H,15,16). The Hall–Kier alpha value is -0.680. The van der Waals surface area contributed by atoms with E-state index < -0.39 is 5.97 Å². The third-order valence-corrected chi connectivity index (χ3v) is 6.13. The number of carbonyl (C=O) groups is 1. The number of rotatable bonds is 7. The molecule has 0 bridgehead atoms. The lowest BCUT2D eigenvalue weighted by Crippen LogP contribution is -2.24. The lowest BCUT2D eigenvalue weighted by atomic mass is 9.81. The number of carboxylic acids is 1. The average molecular weight is 283 g/mol. The van der Waals surface area contributed by atoms with Crippen LogP contribution in [0.2, 0.25) is 0 Å². The largest absolute Gasteiger partial charge is 0.481 e. The predicted octanol–water partition coefficient (Wildman–Crippen LogP) is 3.86. The van der Waals surface area contributed by atoms with Crippen molar-refractivity contribution >= 4 is 27.6 Å². The number of nitrogens with zero attached hydrogens (tertiary/aromatic N) is 1. The molecule has 1 N–H and O–H groups in total. The molecule has 0 spiro atoms. The molecular formula is C13H17NO2S2. The van der Waals surface area contributed by atoms with Crippen molar-refractivity contribution in [2.75, 3.05) is 0 Å². The van der Waals surface area contributed by atoms with Crippen molar-refractivity contribution in [2.45, 2.75) is 42.4 Å². The second-order valence-electron chi connectivity index (χ2n) is 4.51. The van der Waals surface area contributed by atoms with E-state index in [0.717, 1.165) is 11.4 Å². The SMILES string of the molecule is O=C(O)CCC(SSc1ccccn1)C1CCC1. The van der Waals surface area contributed by atoms with E-state index in [0.29, 0.717) is 11.2 Å². The zero-order chi connectivity index (χ0) is 12.8. The normalized spacial score (nSPS) is 17.1. The smallest absolute Gasteiger partial charge is 0.303 e. The van der Waals surface area contributed by atoms with Gasteiger partial charge in [0.05, 0.1) is 0 Å². The van der Waals surface area contributed by atoms with Gasteiger partial charge >= 0.3 is 5.97 Å². The summed E-state index contributed by atoms with van der Waals surface area (Å²) in [6.07, 6.45) is 6.63. The summed E-state index contributed by atoms with van der Waals surface area (Å²) < 4.78 is 0.